The van der Waals surface area contributed by atoms with Gasteiger partial charge in [0.2, 0.25) is 0 Å². The number of nitrogens with zero attached hydrogens (tertiary/aromatic N) is 1. The third kappa shape index (κ3) is 2.82. The summed E-state index contributed by atoms with van der Waals surface area (Å²) in [7, 11) is 0. The Morgan fingerprint density at radius 2 is 2.17 bits per heavy atom. The number of thiophene rings is 1. The molecule has 1 atom stereocenters. The van der Waals surface area contributed by atoms with Crippen molar-refractivity contribution in [1.82, 2.24) is 10.3 Å². The van der Waals surface area contributed by atoms with Crippen LogP contribution in [0.25, 0.3) is 0 Å². The molecule has 0 aliphatic heterocycles. The fourth-order valence-corrected chi connectivity index (χ4v) is 4.26. The molecule has 0 bridgehead atoms. The molecule has 4 heteroatoms. The molecule has 0 spiro atoms. The van der Waals surface area contributed by atoms with Gasteiger partial charge in [0.15, 0.2) is 0 Å². The molecule has 96 valence electrons. The quantitative estimate of drug-likeness (QED) is 0.885. The van der Waals surface area contributed by atoms with Crippen LogP contribution in [0, 0.1) is 5.92 Å². The number of hydrogen-bond donors (Lipinski definition) is 1. The lowest BCUT2D eigenvalue weighted by Crippen LogP contribution is -2.26. The van der Waals surface area contributed by atoms with Crippen LogP contribution in [-0.2, 0) is 6.54 Å². The van der Waals surface area contributed by atoms with Gasteiger partial charge in [-0.15, -0.1) is 22.7 Å². The zero-order valence-electron chi connectivity index (χ0n) is 10.3. The first kappa shape index (κ1) is 12.3. The smallest absolute Gasteiger partial charge is 0.106 e. The van der Waals surface area contributed by atoms with Gasteiger partial charge in [0.1, 0.15) is 5.01 Å². The van der Waals surface area contributed by atoms with Gasteiger partial charge in [0.25, 0.3) is 0 Å². The molecular formula is C14H18N2S2. The van der Waals surface area contributed by atoms with E-state index in [1.807, 2.05) is 22.9 Å². The standard InChI is InChI=1S/C14H18N2S2/c1-2-5-11(4-1)14(12-6-3-8-17-12)16-10-13-15-7-9-18-13/h3,6-9,11,14,16H,1-2,4-5,10H2. The minimum absolute atomic E-state index is 0.524. The van der Waals surface area contributed by atoms with E-state index in [2.05, 4.69) is 27.8 Å². The summed E-state index contributed by atoms with van der Waals surface area (Å²) in [5.41, 5.74) is 0. The van der Waals surface area contributed by atoms with E-state index >= 15 is 0 Å². The van der Waals surface area contributed by atoms with E-state index in [0.717, 1.165) is 12.5 Å². The van der Waals surface area contributed by atoms with Crippen LogP contribution in [0.2, 0.25) is 0 Å². The minimum atomic E-state index is 0.524. The summed E-state index contributed by atoms with van der Waals surface area (Å²) in [6, 6.07) is 4.95. The van der Waals surface area contributed by atoms with E-state index in [0.29, 0.717) is 6.04 Å². The SMILES string of the molecule is c1csc(C(NCc2nccs2)C2CCCC2)c1. The second-order valence-electron chi connectivity index (χ2n) is 4.84. The van der Waals surface area contributed by atoms with Crippen LogP contribution in [0.3, 0.4) is 0 Å². The van der Waals surface area contributed by atoms with Crippen molar-refractivity contribution in [2.24, 2.45) is 5.92 Å². The van der Waals surface area contributed by atoms with Crippen molar-refractivity contribution >= 4 is 22.7 Å². The first-order chi connectivity index (χ1) is 8.93. The second-order valence-corrected chi connectivity index (χ2v) is 6.80. The van der Waals surface area contributed by atoms with Crippen LogP contribution in [0.1, 0.15) is 41.6 Å². The summed E-state index contributed by atoms with van der Waals surface area (Å²) in [6.45, 7) is 0.900. The van der Waals surface area contributed by atoms with Crippen LogP contribution >= 0.6 is 22.7 Å². The van der Waals surface area contributed by atoms with Gasteiger partial charge in [-0.3, -0.25) is 0 Å². The van der Waals surface area contributed by atoms with Crippen molar-refractivity contribution in [3.8, 4) is 0 Å². The number of nitrogens with one attached hydrogen (secondary N) is 1. The van der Waals surface area contributed by atoms with Crippen molar-refractivity contribution in [3.63, 3.8) is 0 Å². The maximum Gasteiger partial charge on any atom is 0.106 e. The molecule has 1 aliphatic rings. The van der Waals surface area contributed by atoms with Gasteiger partial charge in [-0.2, -0.15) is 0 Å². The normalized spacial score (nSPS) is 18.2. The third-order valence-corrected chi connectivity index (χ3v) is 5.41. The summed E-state index contributed by atoms with van der Waals surface area (Å²) in [5, 5.41) is 9.15. The fraction of sp³-hybridized carbons (Fsp3) is 0.500. The molecular weight excluding hydrogens is 260 g/mol. The summed E-state index contributed by atoms with van der Waals surface area (Å²) in [6.07, 6.45) is 7.41. The Balaban J connectivity index is 1.69. The highest BCUT2D eigenvalue weighted by Gasteiger charge is 2.26. The number of hydrogen-bond acceptors (Lipinski definition) is 4. The van der Waals surface area contributed by atoms with Gasteiger partial charge in [-0.1, -0.05) is 18.9 Å². The lowest BCUT2D eigenvalue weighted by molar-refractivity contribution is 0.370. The first-order valence-corrected chi connectivity index (χ1v) is 8.34. The minimum Gasteiger partial charge on any atom is -0.303 e. The van der Waals surface area contributed by atoms with Crippen LogP contribution in [0.4, 0.5) is 0 Å². The van der Waals surface area contributed by atoms with E-state index in [1.54, 1.807) is 11.3 Å². The average Bonchev–Trinajstić information content (AvgIpc) is 3.14. The van der Waals surface area contributed by atoms with Crippen LogP contribution in [0.5, 0.6) is 0 Å². The molecule has 1 aliphatic carbocycles. The maximum atomic E-state index is 4.36. The molecule has 2 aromatic rings. The highest BCUT2D eigenvalue weighted by Crippen LogP contribution is 2.37. The monoisotopic (exact) mass is 278 g/mol. The van der Waals surface area contributed by atoms with E-state index in [9.17, 15) is 0 Å². The van der Waals surface area contributed by atoms with E-state index in [4.69, 9.17) is 0 Å². The molecule has 0 radical (unpaired) electrons. The van der Waals surface area contributed by atoms with Crippen molar-refractivity contribution in [3.05, 3.63) is 39.0 Å². The summed E-state index contributed by atoms with van der Waals surface area (Å²) in [5.74, 6) is 0.809. The molecule has 1 saturated carbocycles. The van der Waals surface area contributed by atoms with E-state index < -0.39 is 0 Å². The highest BCUT2D eigenvalue weighted by atomic mass is 32.1. The highest BCUT2D eigenvalue weighted by molar-refractivity contribution is 7.10. The molecule has 1 N–H and O–H groups in total. The van der Waals surface area contributed by atoms with Crippen molar-refractivity contribution in [1.29, 1.82) is 0 Å². The molecule has 2 nitrogen and oxygen atoms in total. The van der Waals surface area contributed by atoms with Crippen molar-refractivity contribution in [2.45, 2.75) is 38.3 Å². The zero-order valence-corrected chi connectivity index (χ0v) is 12.0. The topological polar surface area (TPSA) is 24.9 Å². The molecule has 0 aromatic carbocycles. The summed E-state index contributed by atoms with van der Waals surface area (Å²) < 4.78 is 0. The molecule has 2 heterocycles. The number of thiazole rings is 1. The Morgan fingerprint density at radius 3 is 2.83 bits per heavy atom. The van der Waals surface area contributed by atoms with Crippen molar-refractivity contribution < 1.29 is 0 Å². The Morgan fingerprint density at radius 1 is 1.28 bits per heavy atom. The molecule has 0 amide bonds. The molecule has 1 fully saturated rings. The average molecular weight is 278 g/mol. The van der Waals surface area contributed by atoms with Crippen LogP contribution < -0.4 is 5.32 Å². The summed E-state index contributed by atoms with van der Waals surface area (Å²) >= 11 is 3.61. The van der Waals surface area contributed by atoms with Gasteiger partial charge in [0, 0.05) is 29.0 Å². The van der Waals surface area contributed by atoms with E-state index in [1.165, 1.54) is 35.6 Å². The first-order valence-electron chi connectivity index (χ1n) is 6.58. The Labute approximate surface area is 116 Å². The van der Waals surface area contributed by atoms with Crippen LogP contribution in [-0.4, -0.2) is 4.98 Å². The molecule has 3 rings (SSSR count). The maximum absolute atomic E-state index is 4.36. The predicted molar refractivity (Wildman–Crippen MR) is 78.0 cm³/mol. The number of rotatable bonds is 5. The third-order valence-electron chi connectivity index (χ3n) is 3.68. The van der Waals surface area contributed by atoms with Gasteiger partial charge in [0.05, 0.1) is 0 Å². The molecule has 1 unspecified atom stereocenters. The molecule has 2 aromatic heterocycles. The molecule has 0 saturated heterocycles. The fourth-order valence-electron chi connectivity index (χ4n) is 2.80. The second kappa shape index (κ2) is 5.95. The van der Waals surface area contributed by atoms with Crippen molar-refractivity contribution in [2.75, 3.05) is 0 Å². The van der Waals surface area contributed by atoms with Gasteiger partial charge >= 0.3 is 0 Å². The Hall–Kier alpha value is -0.710. The van der Waals surface area contributed by atoms with Gasteiger partial charge in [-0.05, 0) is 30.2 Å². The predicted octanol–water partition coefficient (Wildman–Crippen LogP) is 4.23. The summed E-state index contributed by atoms with van der Waals surface area (Å²) in [4.78, 5) is 5.84. The van der Waals surface area contributed by atoms with Crippen LogP contribution in [0.15, 0.2) is 29.1 Å². The largest absolute Gasteiger partial charge is 0.303 e. The van der Waals surface area contributed by atoms with Gasteiger partial charge < -0.3 is 5.32 Å². The Kier molecular flexibility index (Phi) is 4.08. The lowest BCUT2D eigenvalue weighted by Gasteiger charge is -2.23. The number of aromatic nitrogens is 1. The molecule has 18 heavy (non-hydrogen) atoms. The van der Waals surface area contributed by atoms with E-state index in [-0.39, 0.29) is 0 Å². The zero-order chi connectivity index (χ0) is 12.2. The Bertz CT molecular complexity index is 444. The van der Waals surface area contributed by atoms with Gasteiger partial charge in [-0.25, -0.2) is 4.98 Å². The lowest BCUT2D eigenvalue weighted by atomic mass is 9.97.